The van der Waals surface area contributed by atoms with Crippen LogP contribution in [0, 0.1) is 0 Å². The van der Waals surface area contributed by atoms with Crippen LogP contribution < -0.4 is 14.4 Å². The van der Waals surface area contributed by atoms with E-state index in [4.69, 9.17) is 37.8 Å². The number of ether oxygens (including phenoxy) is 2. The molecule has 8 nitrogen and oxygen atoms in total. The molecule has 0 aliphatic carbocycles. The number of nitrogens with zero attached hydrogens (tertiary/aromatic N) is 1. The number of aliphatic hydroxyl groups excluding tert-OH is 1. The lowest BCUT2D eigenvalue weighted by molar-refractivity contribution is -0.131. The van der Waals surface area contributed by atoms with E-state index in [1.165, 1.54) is 36.3 Å². The number of halogens is 2. The van der Waals surface area contributed by atoms with E-state index in [2.05, 4.69) is 0 Å². The SMILES string of the molecule is COc1ccc(N2C(=O)C(O)=C(C(=O)c3ccccc3Cl)C2c2ccc(Cl)cc2)c(OCC=CC(=O)O)c1. The van der Waals surface area contributed by atoms with Crippen molar-refractivity contribution in [1.82, 2.24) is 0 Å². The maximum atomic E-state index is 13.7. The second-order valence-electron chi connectivity index (χ2n) is 8.09. The van der Waals surface area contributed by atoms with Crippen LogP contribution in [0.3, 0.4) is 0 Å². The number of hydrogen-bond acceptors (Lipinski definition) is 6. The number of amides is 1. The summed E-state index contributed by atoms with van der Waals surface area (Å²) in [5, 5.41) is 20.5. The zero-order valence-corrected chi connectivity index (χ0v) is 21.4. The summed E-state index contributed by atoms with van der Waals surface area (Å²) in [4.78, 5) is 39.3. The Kier molecular flexibility index (Phi) is 8.05. The van der Waals surface area contributed by atoms with Crippen molar-refractivity contribution >= 4 is 46.5 Å². The molecule has 1 heterocycles. The molecule has 1 aliphatic rings. The van der Waals surface area contributed by atoms with Crippen molar-refractivity contribution in [3.8, 4) is 11.5 Å². The van der Waals surface area contributed by atoms with E-state index in [1.807, 2.05) is 0 Å². The van der Waals surface area contributed by atoms with Crippen molar-refractivity contribution in [3.05, 3.63) is 111 Å². The Morgan fingerprint density at radius 1 is 1.05 bits per heavy atom. The number of carboxylic acids is 1. The first-order valence-electron chi connectivity index (χ1n) is 11.2. The monoisotopic (exact) mass is 553 g/mol. The second-order valence-corrected chi connectivity index (χ2v) is 8.93. The molecule has 1 aliphatic heterocycles. The number of carboxylic acid groups (broad SMARTS) is 1. The van der Waals surface area contributed by atoms with Crippen molar-refractivity contribution in [1.29, 1.82) is 0 Å². The molecule has 4 rings (SSSR count). The smallest absolute Gasteiger partial charge is 0.328 e. The maximum Gasteiger partial charge on any atom is 0.328 e. The summed E-state index contributed by atoms with van der Waals surface area (Å²) >= 11 is 12.4. The highest BCUT2D eigenvalue weighted by Gasteiger charge is 2.45. The Morgan fingerprint density at radius 3 is 2.42 bits per heavy atom. The van der Waals surface area contributed by atoms with Crippen LogP contribution in [0.2, 0.25) is 10.0 Å². The maximum absolute atomic E-state index is 13.7. The molecule has 2 N–H and O–H groups in total. The summed E-state index contributed by atoms with van der Waals surface area (Å²) in [5.41, 5.74) is 0.662. The molecule has 3 aromatic carbocycles. The lowest BCUT2D eigenvalue weighted by Gasteiger charge is -2.28. The predicted molar refractivity (Wildman–Crippen MR) is 142 cm³/mol. The quantitative estimate of drug-likeness (QED) is 0.254. The number of methoxy groups -OCH3 is 1. The molecule has 0 bridgehead atoms. The molecule has 1 unspecified atom stereocenters. The number of aliphatic hydroxyl groups is 1. The van der Waals surface area contributed by atoms with Crippen molar-refractivity contribution in [2.45, 2.75) is 6.04 Å². The number of Topliss-reactive ketones (excluding diaryl/α,β-unsaturated/α-hetero) is 1. The number of benzene rings is 3. The summed E-state index contributed by atoms with van der Waals surface area (Å²) in [5.74, 6) is -2.77. The minimum absolute atomic E-state index is 0.120. The van der Waals surface area contributed by atoms with E-state index in [0.717, 1.165) is 6.08 Å². The summed E-state index contributed by atoms with van der Waals surface area (Å²) in [7, 11) is 1.45. The van der Waals surface area contributed by atoms with Gasteiger partial charge in [0.2, 0.25) is 0 Å². The van der Waals surface area contributed by atoms with Gasteiger partial charge in [0.1, 0.15) is 18.1 Å². The fourth-order valence-electron chi connectivity index (χ4n) is 4.06. The van der Waals surface area contributed by atoms with Crippen LogP contribution in [-0.2, 0) is 9.59 Å². The average Bonchev–Trinajstić information content (AvgIpc) is 3.16. The topological polar surface area (TPSA) is 113 Å². The highest BCUT2D eigenvalue weighted by molar-refractivity contribution is 6.35. The first kappa shape index (κ1) is 26.8. The molecule has 3 aromatic rings. The molecule has 1 amide bonds. The van der Waals surface area contributed by atoms with Crippen LogP contribution in [0.1, 0.15) is 22.0 Å². The fourth-order valence-corrected chi connectivity index (χ4v) is 4.41. The van der Waals surface area contributed by atoms with Gasteiger partial charge < -0.3 is 19.7 Å². The lowest BCUT2D eigenvalue weighted by atomic mass is 9.92. The van der Waals surface area contributed by atoms with Gasteiger partial charge in [-0.15, -0.1) is 0 Å². The summed E-state index contributed by atoms with van der Waals surface area (Å²) in [6.45, 7) is -0.134. The average molecular weight is 554 g/mol. The Bertz CT molecular complexity index is 1460. The van der Waals surface area contributed by atoms with Crippen LogP contribution in [0.25, 0.3) is 0 Å². The minimum atomic E-state index is -1.14. The third-order valence-corrected chi connectivity index (χ3v) is 6.36. The lowest BCUT2D eigenvalue weighted by Crippen LogP contribution is -2.31. The van der Waals surface area contributed by atoms with Gasteiger partial charge in [-0.2, -0.15) is 0 Å². The molecule has 1 atom stereocenters. The van der Waals surface area contributed by atoms with E-state index >= 15 is 0 Å². The van der Waals surface area contributed by atoms with Crippen LogP contribution in [-0.4, -0.2) is 41.6 Å². The van der Waals surface area contributed by atoms with Crippen LogP contribution in [0.5, 0.6) is 11.5 Å². The Balaban J connectivity index is 1.86. The standard InChI is InChI=1S/C28H21Cl2NO7/c1-37-18-12-13-21(22(15-18)38-14-4-7-23(32)33)31-25(16-8-10-17(29)11-9-16)24(27(35)28(31)36)26(34)19-5-2-3-6-20(19)30/h2-13,15,25,35H,14H2,1H3,(H,32,33). The molecular weight excluding hydrogens is 533 g/mol. The van der Waals surface area contributed by atoms with Gasteiger partial charge in [-0.05, 0) is 48.0 Å². The molecule has 38 heavy (non-hydrogen) atoms. The number of carbonyl (C=O) groups excluding carboxylic acids is 2. The van der Waals surface area contributed by atoms with Crippen LogP contribution >= 0.6 is 23.2 Å². The molecule has 194 valence electrons. The van der Waals surface area contributed by atoms with E-state index in [-0.39, 0.29) is 34.2 Å². The van der Waals surface area contributed by atoms with Gasteiger partial charge in [-0.25, -0.2) is 4.79 Å². The second kappa shape index (κ2) is 11.4. The highest BCUT2D eigenvalue weighted by Crippen LogP contribution is 2.46. The van der Waals surface area contributed by atoms with E-state index < -0.39 is 29.5 Å². The van der Waals surface area contributed by atoms with Gasteiger partial charge in [0.25, 0.3) is 5.91 Å². The van der Waals surface area contributed by atoms with Gasteiger partial charge in [0.05, 0.1) is 29.4 Å². The molecule has 10 heteroatoms. The minimum Gasteiger partial charge on any atom is -0.503 e. The van der Waals surface area contributed by atoms with Gasteiger partial charge in [0.15, 0.2) is 11.5 Å². The van der Waals surface area contributed by atoms with Crippen LogP contribution in [0.4, 0.5) is 5.69 Å². The third-order valence-electron chi connectivity index (χ3n) is 5.78. The van der Waals surface area contributed by atoms with Crippen molar-refractivity contribution < 1.29 is 34.1 Å². The molecule has 0 aromatic heterocycles. The Hall–Kier alpha value is -4.27. The number of anilines is 1. The number of rotatable bonds is 9. The first-order chi connectivity index (χ1) is 18.2. The number of carbonyl (C=O) groups is 3. The normalized spacial score (nSPS) is 15.3. The van der Waals surface area contributed by atoms with Gasteiger partial charge in [0, 0.05) is 22.7 Å². The molecule has 0 saturated carbocycles. The van der Waals surface area contributed by atoms with Gasteiger partial charge >= 0.3 is 5.97 Å². The van der Waals surface area contributed by atoms with E-state index in [9.17, 15) is 19.5 Å². The fraction of sp³-hybridized carbons (Fsp3) is 0.107. The zero-order valence-electron chi connectivity index (χ0n) is 19.9. The number of hydrogen-bond donors (Lipinski definition) is 2. The highest BCUT2D eigenvalue weighted by atomic mass is 35.5. The predicted octanol–water partition coefficient (Wildman–Crippen LogP) is 5.80. The third kappa shape index (κ3) is 5.37. The Morgan fingerprint density at radius 2 is 1.76 bits per heavy atom. The summed E-state index contributed by atoms with van der Waals surface area (Å²) in [6.07, 6.45) is 2.21. The largest absolute Gasteiger partial charge is 0.503 e. The number of aliphatic carboxylic acids is 1. The van der Waals surface area contributed by atoms with Crippen molar-refractivity contribution in [3.63, 3.8) is 0 Å². The Labute approximate surface area is 227 Å². The number of ketones is 1. The van der Waals surface area contributed by atoms with Crippen molar-refractivity contribution in [2.24, 2.45) is 0 Å². The molecule has 0 fully saturated rings. The molecule has 0 saturated heterocycles. The van der Waals surface area contributed by atoms with E-state index in [1.54, 1.807) is 48.5 Å². The van der Waals surface area contributed by atoms with Gasteiger partial charge in [-0.3, -0.25) is 14.5 Å². The van der Waals surface area contributed by atoms with Crippen LogP contribution in [0.15, 0.2) is 90.2 Å². The van der Waals surface area contributed by atoms with Gasteiger partial charge in [-0.1, -0.05) is 47.5 Å². The van der Waals surface area contributed by atoms with E-state index in [0.29, 0.717) is 16.3 Å². The first-order valence-corrected chi connectivity index (χ1v) is 12.0. The van der Waals surface area contributed by atoms with Crippen molar-refractivity contribution in [2.75, 3.05) is 18.6 Å². The summed E-state index contributed by atoms with van der Waals surface area (Å²) in [6, 6.07) is 16.4. The summed E-state index contributed by atoms with van der Waals surface area (Å²) < 4.78 is 11.1. The zero-order chi connectivity index (χ0) is 27.4. The molecule has 0 radical (unpaired) electrons. The molecule has 0 spiro atoms. The molecular formula is C28H21Cl2NO7.